The third kappa shape index (κ3) is 4.70. The molecule has 0 aliphatic carbocycles. The molecule has 35 heavy (non-hydrogen) atoms. The highest BCUT2D eigenvalue weighted by molar-refractivity contribution is 7.15. The Labute approximate surface area is 205 Å². The summed E-state index contributed by atoms with van der Waals surface area (Å²) in [5.74, 6) is -3.00. The SMILES string of the molecule is Cc1ccc(-c2cnc3c(N4CCC(F)(F)CC4)cc(C(=O)NCc4ccc(C)[n+]([O-])c4)cn23)s1. The van der Waals surface area contributed by atoms with E-state index in [0.717, 1.165) is 20.2 Å². The molecule has 0 unspecified atom stereocenters. The van der Waals surface area contributed by atoms with Crippen molar-refractivity contribution in [2.24, 2.45) is 0 Å². The Balaban J connectivity index is 1.51. The maximum Gasteiger partial charge on any atom is 0.253 e. The van der Waals surface area contributed by atoms with Crippen molar-refractivity contribution < 1.29 is 18.3 Å². The molecule has 10 heteroatoms. The van der Waals surface area contributed by atoms with E-state index >= 15 is 0 Å². The highest BCUT2D eigenvalue weighted by Gasteiger charge is 2.35. The van der Waals surface area contributed by atoms with E-state index in [-0.39, 0.29) is 38.4 Å². The number of carbonyl (C=O) groups excluding carboxylic acids is 1. The topological polar surface area (TPSA) is 76.6 Å². The molecule has 1 aliphatic rings. The minimum Gasteiger partial charge on any atom is -0.619 e. The summed E-state index contributed by atoms with van der Waals surface area (Å²) < 4.78 is 30.3. The van der Waals surface area contributed by atoms with Gasteiger partial charge in [0.25, 0.3) is 11.8 Å². The van der Waals surface area contributed by atoms with Crippen molar-refractivity contribution in [1.82, 2.24) is 14.7 Å². The summed E-state index contributed by atoms with van der Waals surface area (Å²) >= 11 is 1.62. The first-order valence-electron chi connectivity index (χ1n) is 11.4. The molecule has 1 saturated heterocycles. The van der Waals surface area contributed by atoms with Gasteiger partial charge in [0.15, 0.2) is 17.5 Å². The molecule has 5 heterocycles. The Hall–Kier alpha value is -3.53. The van der Waals surface area contributed by atoms with Crippen LogP contribution in [0.1, 0.15) is 39.3 Å². The molecule has 1 N–H and O–H groups in total. The number of piperidine rings is 1. The normalized spacial score (nSPS) is 15.5. The number of imidazole rings is 1. The summed E-state index contributed by atoms with van der Waals surface area (Å²) in [6.07, 6.45) is 4.44. The molecule has 7 nitrogen and oxygen atoms in total. The number of rotatable bonds is 5. The molecular weight excluding hydrogens is 472 g/mol. The summed E-state index contributed by atoms with van der Waals surface area (Å²) in [6.45, 7) is 4.28. The first-order chi connectivity index (χ1) is 16.7. The number of halogens is 2. The lowest BCUT2D eigenvalue weighted by molar-refractivity contribution is -0.612. The number of nitrogens with one attached hydrogen (secondary N) is 1. The van der Waals surface area contributed by atoms with Crippen molar-refractivity contribution in [2.75, 3.05) is 18.0 Å². The Morgan fingerprint density at radius 2 is 2.00 bits per heavy atom. The van der Waals surface area contributed by atoms with Gasteiger partial charge in [-0.3, -0.25) is 9.20 Å². The Morgan fingerprint density at radius 3 is 2.69 bits per heavy atom. The van der Waals surface area contributed by atoms with E-state index in [4.69, 9.17) is 0 Å². The average molecular weight is 498 g/mol. The summed E-state index contributed by atoms with van der Waals surface area (Å²) in [5, 5.41) is 14.7. The van der Waals surface area contributed by atoms with Gasteiger partial charge in [-0.15, -0.1) is 11.3 Å². The zero-order chi connectivity index (χ0) is 24.7. The lowest BCUT2D eigenvalue weighted by Gasteiger charge is -2.33. The van der Waals surface area contributed by atoms with Gasteiger partial charge in [0.05, 0.1) is 28.0 Å². The molecule has 0 atom stereocenters. The zero-order valence-corrected chi connectivity index (χ0v) is 20.2. The molecule has 0 spiro atoms. The Kier molecular flexibility index (Phi) is 5.92. The van der Waals surface area contributed by atoms with Crippen LogP contribution >= 0.6 is 11.3 Å². The largest absolute Gasteiger partial charge is 0.619 e. The van der Waals surface area contributed by atoms with E-state index < -0.39 is 5.92 Å². The number of carbonyl (C=O) groups is 1. The number of nitrogens with zero attached hydrogens (tertiary/aromatic N) is 4. The van der Waals surface area contributed by atoms with E-state index in [1.165, 1.54) is 6.20 Å². The number of amides is 1. The zero-order valence-electron chi connectivity index (χ0n) is 19.4. The first-order valence-corrected chi connectivity index (χ1v) is 12.2. The van der Waals surface area contributed by atoms with Crippen LogP contribution in [0.25, 0.3) is 16.2 Å². The third-order valence-corrected chi connectivity index (χ3v) is 7.32. The fraction of sp³-hybridized carbons (Fsp3) is 0.320. The highest BCUT2D eigenvalue weighted by Crippen LogP contribution is 2.35. The van der Waals surface area contributed by atoms with Gasteiger partial charge in [0.2, 0.25) is 0 Å². The fourth-order valence-corrected chi connectivity index (χ4v) is 5.12. The van der Waals surface area contributed by atoms with Crippen molar-refractivity contribution in [1.29, 1.82) is 0 Å². The number of anilines is 1. The second kappa shape index (κ2) is 8.92. The smallest absolute Gasteiger partial charge is 0.253 e. The van der Waals surface area contributed by atoms with E-state index in [9.17, 15) is 18.8 Å². The van der Waals surface area contributed by atoms with Crippen LogP contribution in [0.15, 0.2) is 48.9 Å². The van der Waals surface area contributed by atoms with Crippen molar-refractivity contribution in [3.05, 3.63) is 75.8 Å². The van der Waals surface area contributed by atoms with Crippen LogP contribution < -0.4 is 14.9 Å². The first kappa shape index (κ1) is 23.2. The number of fused-ring (bicyclic) bond motifs is 1. The number of aromatic nitrogens is 3. The molecule has 0 bridgehead atoms. The lowest BCUT2D eigenvalue weighted by atomic mass is 10.1. The van der Waals surface area contributed by atoms with Gasteiger partial charge < -0.3 is 15.4 Å². The van der Waals surface area contributed by atoms with Crippen LogP contribution in [-0.4, -0.2) is 34.3 Å². The number of alkyl halides is 2. The van der Waals surface area contributed by atoms with E-state index in [1.807, 2.05) is 28.4 Å². The van der Waals surface area contributed by atoms with Gasteiger partial charge in [-0.1, -0.05) is 0 Å². The van der Waals surface area contributed by atoms with Gasteiger partial charge in [-0.05, 0) is 31.2 Å². The number of hydrogen-bond acceptors (Lipinski definition) is 5. The van der Waals surface area contributed by atoms with Crippen molar-refractivity contribution >= 4 is 28.6 Å². The van der Waals surface area contributed by atoms with Crippen LogP contribution in [0.5, 0.6) is 0 Å². The van der Waals surface area contributed by atoms with Crippen molar-refractivity contribution in [2.45, 2.75) is 39.2 Å². The van der Waals surface area contributed by atoms with Crippen LogP contribution in [0.4, 0.5) is 14.5 Å². The molecule has 1 aliphatic heterocycles. The Bertz CT molecular complexity index is 1400. The molecule has 0 saturated carbocycles. The van der Waals surface area contributed by atoms with Gasteiger partial charge in [-0.2, -0.15) is 4.73 Å². The van der Waals surface area contributed by atoms with E-state index in [0.29, 0.717) is 28.2 Å². The van der Waals surface area contributed by atoms with E-state index in [2.05, 4.69) is 10.3 Å². The standard InChI is InChI=1S/C25H25F2N5O2S/c1-16-3-5-18(14-32(16)34)12-29-24(33)19-11-20(30-9-7-25(26,27)8-10-30)23-28-13-21(31(23)15-19)22-6-4-17(2)35-22/h3-6,11,13-15H,7-10,12H2,1-2H3,(H,29,33). The Morgan fingerprint density at radius 1 is 1.23 bits per heavy atom. The summed E-state index contributed by atoms with van der Waals surface area (Å²) in [5.41, 5.74) is 3.75. The molecule has 1 amide bonds. The van der Waals surface area contributed by atoms with Crippen molar-refractivity contribution in [3.63, 3.8) is 0 Å². The van der Waals surface area contributed by atoms with E-state index in [1.54, 1.807) is 48.9 Å². The number of thiophene rings is 1. The van der Waals surface area contributed by atoms with Gasteiger partial charge in [0, 0.05) is 62.1 Å². The summed E-state index contributed by atoms with van der Waals surface area (Å²) in [7, 11) is 0. The van der Waals surface area contributed by atoms with Crippen LogP contribution in [-0.2, 0) is 6.54 Å². The molecule has 4 aromatic heterocycles. The number of hydrogen-bond donors (Lipinski definition) is 1. The highest BCUT2D eigenvalue weighted by atomic mass is 32.1. The molecule has 5 rings (SSSR count). The van der Waals surface area contributed by atoms with Crippen molar-refractivity contribution in [3.8, 4) is 10.6 Å². The second-order valence-electron chi connectivity index (χ2n) is 8.89. The van der Waals surface area contributed by atoms with Gasteiger partial charge >= 0.3 is 0 Å². The van der Waals surface area contributed by atoms with Crippen LogP contribution in [0.2, 0.25) is 0 Å². The molecule has 4 aromatic rings. The fourth-order valence-electron chi connectivity index (χ4n) is 4.24. The number of pyridine rings is 2. The lowest BCUT2D eigenvalue weighted by Crippen LogP contribution is -2.39. The molecule has 0 aromatic carbocycles. The molecule has 0 radical (unpaired) electrons. The molecule has 1 fully saturated rings. The minimum absolute atomic E-state index is 0.181. The predicted octanol–water partition coefficient (Wildman–Crippen LogP) is 4.48. The maximum absolute atomic E-state index is 13.8. The van der Waals surface area contributed by atoms with Crippen LogP contribution in [0.3, 0.4) is 0 Å². The van der Waals surface area contributed by atoms with Gasteiger partial charge in [0.1, 0.15) is 0 Å². The molecular formula is C25H25F2N5O2S. The molecule has 182 valence electrons. The maximum atomic E-state index is 13.8. The predicted molar refractivity (Wildman–Crippen MR) is 131 cm³/mol. The monoisotopic (exact) mass is 497 g/mol. The summed E-state index contributed by atoms with van der Waals surface area (Å²) in [4.78, 5) is 21.8. The quantitative estimate of drug-likeness (QED) is 0.326. The second-order valence-corrected chi connectivity index (χ2v) is 10.2. The summed E-state index contributed by atoms with van der Waals surface area (Å²) in [6, 6.07) is 9.24. The number of aryl methyl sites for hydroxylation is 2. The van der Waals surface area contributed by atoms with Crippen LogP contribution in [0, 0.1) is 19.1 Å². The average Bonchev–Trinajstić information content (AvgIpc) is 3.45. The third-order valence-electron chi connectivity index (χ3n) is 6.30. The van der Waals surface area contributed by atoms with Gasteiger partial charge in [-0.25, -0.2) is 13.8 Å². The minimum atomic E-state index is -2.68.